The molecule has 3 amide bonds. The number of H-pyrrole nitrogens is 1. The molecule has 9 rings (SSSR count). The molecule has 0 bridgehead atoms. The second kappa shape index (κ2) is 17.7. The van der Waals surface area contributed by atoms with Gasteiger partial charge in [0, 0.05) is 87.3 Å². The number of fused-ring (bicyclic) bond motifs is 2. The fourth-order valence-electron chi connectivity index (χ4n) is 8.50. The SMILES string of the molecule is O=C1CCC(n2cnc3cc(OCCCN4CCN(c5ccc(C(=O)Nc6n[nH]c7ccc(Cc8cc(F)cc(F)c8)cc67)c(NC6CCOCC6)c5)CC4)ccc32)C(=O)N1. The molecule has 3 fully saturated rings. The minimum absolute atomic E-state index is 0.160. The van der Waals surface area contributed by atoms with Gasteiger partial charge in [-0.2, -0.15) is 5.10 Å². The number of benzene rings is 4. The third kappa shape index (κ3) is 9.20. The van der Waals surface area contributed by atoms with Crippen molar-refractivity contribution in [1.82, 2.24) is 30.0 Å². The van der Waals surface area contributed by atoms with Crippen LogP contribution in [0.5, 0.6) is 5.75 Å². The lowest BCUT2D eigenvalue weighted by Crippen LogP contribution is -2.46. The minimum atomic E-state index is -0.627. The lowest BCUT2D eigenvalue weighted by atomic mass is 10.0. The van der Waals surface area contributed by atoms with E-state index in [1.165, 1.54) is 12.1 Å². The molecule has 0 spiro atoms. The van der Waals surface area contributed by atoms with Gasteiger partial charge >= 0.3 is 0 Å². The number of carbonyl (C=O) groups excluding carboxylic acids is 3. The van der Waals surface area contributed by atoms with Crippen LogP contribution in [0.2, 0.25) is 0 Å². The number of aromatic amines is 1. The molecule has 6 aromatic rings. The Hall–Kier alpha value is -6.39. The lowest BCUT2D eigenvalue weighted by Gasteiger charge is -2.36. The molecule has 0 radical (unpaired) electrons. The Bertz CT molecular complexity index is 2560. The number of amides is 3. The second-order valence-electron chi connectivity index (χ2n) is 15.9. The first-order valence-electron chi connectivity index (χ1n) is 20.8. The molecular weight excluding hydrogens is 785 g/mol. The Morgan fingerprint density at radius 2 is 1.72 bits per heavy atom. The van der Waals surface area contributed by atoms with Gasteiger partial charge in [0.25, 0.3) is 5.91 Å². The van der Waals surface area contributed by atoms with Gasteiger partial charge in [0.2, 0.25) is 11.8 Å². The number of piperazine rings is 1. The normalized spacial score (nSPS) is 17.8. The van der Waals surface area contributed by atoms with Crippen LogP contribution in [0, 0.1) is 11.6 Å². The maximum Gasteiger partial charge on any atom is 0.258 e. The standard InChI is InChI=1S/C45H47F2N9O5/c46-30-21-29(22-31(47)24-30)20-28-2-6-37-36(23-28)43(53-52-37)51-44(58)35-5-3-33(25-38(35)49-32-10-18-60-19-11-32)55-15-13-54(14-16-55)12-1-17-61-34-4-7-40-39(26-34)48-27-56(40)41-8-9-42(57)50-45(41)59/h2-7,21-27,32,41,49H,1,8-20H2,(H,50,57,59)(H2,51,52,53,58). The maximum absolute atomic E-state index is 14.0. The number of carbonyl (C=O) groups is 3. The number of piperidine rings is 1. The average molecular weight is 832 g/mol. The number of imidazole rings is 1. The Morgan fingerprint density at radius 1 is 0.902 bits per heavy atom. The third-order valence-electron chi connectivity index (χ3n) is 11.7. The van der Waals surface area contributed by atoms with Gasteiger partial charge in [-0.1, -0.05) is 6.07 Å². The van der Waals surface area contributed by atoms with E-state index in [1.807, 2.05) is 53.1 Å². The highest BCUT2D eigenvalue weighted by Gasteiger charge is 2.29. The molecular formula is C45H47F2N9O5. The fourth-order valence-corrected chi connectivity index (χ4v) is 8.50. The van der Waals surface area contributed by atoms with Gasteiger partial charge in [0.05, 0.1) is 35.0 Å². The van der Waals surface area contributed by atoms with Crippen molar-refractivity contribution in [2.45, 2.75) is 50.6 Å². The van der Waals surface area contributed by atoms with Crippen LogP contribution in [0.3, 0.4) is 0 Å². The smallest absolute Gasteiger partial charge is 0.258 e. The maximum atomic E-state index is 14.0. The van der Waals surface area contributed by atoms with Crippen molar-refractivity contribution in [2.24, 2.45) is 0 Å². The second-order valence-corrected chi connectivity index (χ2v) is 15.9. The molecule has 2 aromatic heterocycles. The summed E-state index contributed by atoms with van der Waals surface area (Å²) in [6.45, 7) is 6.19. The summed E-state index contributed by atoms with van der Waals surface area (Å²) in [7, 11) is 0. The van der Waals surface area contributed by atoms with Gasteiger partial charge in [0.15, 0.2) is 5.82 Å². The molecule has 4 aromatic carbocycles. The number of aromatic nitrogens is 4. The van der Waals surface area contributed by atoms with E-state index in [0.717, 1.165) is 97.3 Å². The monoisotopic (exact) mass is 831 g/mol. The lowest BCUT2D eigenvalue weighted by molar-refractivity contribution is -0.135. The van der Waals surface area contributed by atoms with Crippen LogP contribution in [-0.4, -0.2) is 101 Å². The van der Waals surface area contributed by atoms with E-state index in [9.17, 15) is 23.2 Å². The zero-order valence-electron chi connectivity index (χ0n) is 33.6. The van der Waals surface area contributed by atoms with E-state index < -0.39 is 17.7 Å². The number of rotatable bonds is 13. The predicted molar refractivity (Wildman–Crippen MR) is 227 cm³/mol. The molecule has 1 atom stereocenters. The van der Waals surface area contributed by atoms with Crippen LogP contribution >= 0.6 is 0 Å². The van der Waals surface area contributed by atoms with Gasteiger partial charge in [-0.05, 0) is 97.8 Å². The summed E-state index contributed by atoms with van der Waals surface area (Å²) >= 11 is 0. The summed E-state index contributed by atoms with van der Waals surface area (Å²) in [5.74, 6) is -1.02. The average Bonchev–Trinajstić information content (AvgIpc) is 3.86. The Kier molecular flexibility index (Phi) is 11.6. The van der Waals surface area contributed by atoms with E-state index in [4.69, 9.17) is 9.47 Å². The van der Waals surface area contributed by atoms with E-state index in [1.54, 1.807) is 6.33 Å². The van der Waals surface area contributed by atoms with Crippen molar-refractivity contribution >= 4 is 56.9 Å². The molecule has 0 aliphatic carbocycles. The van der Waals surface area contributed by atoms with Crippen molar-refractivity contribution in [2.75, 3.05) is 68.1 Å². The minimum Gasteiger partial charge on any atom is -0.493 e. The molecule has 5 heterocycles. The highest BCUT2D eigenvalue weighted by atomic mass is 19.1. The third-order valence-corrected chi connectivity index (χ3v) is 11.7. The van der Waals surface area contributed by atoms with Crippen LogP contribution in [0.4, 0.5) is 26.0 Å². The molecule has 316 valence electrons. The highest BCUT2D eigenvalue weighted by molar-refractivity contribution is 6.11. The summed E-state index contributed by atoms with van der Waals surface area (Å²) in [5.41, 5.74) is 5.89. The fraction of sp³-hybridized carbons (Fsp3) is 0.356. The molecule has 61 heavy (non-hydrogen) atoms. The number of ether oxygens (including phenoxy) is 2. The molecule has 4 N–H and O–H groups in total. The van der Waals surface area contributed by atoms with Gasteiger partial charge < -0.3 is 29.6 Å². The first-order chi connectivity index (χ1) is 29.7. The van der Waals surface area contributed by atoms with Crippen LogP contribution in [0.15, 0.2) is 79.1 Å². The van der Waals surface area contributed by atoms with Crippen molar-refractivity contribution < 1.29 is 32.6 Å². The van der Waals surface area contributed by atoms with Crippen LogP contribution in [0.25, 0.3) is 21.9 Å². The largest absolute Gasteiger partial charge is 0.493 e. The number of imide groups is 1. The van der Waals surface area contributed by atoms with Crippen molar-refractivity contribution in [3.05, 3.63) is 107 Å². The van der Waals surface area contributed by atoms with Crippen molar-refractivity contribution in [3.8, 4) is 5.75 Å². The van der Waals surface area contributed by atoms with Crippen LogP contribution in [-0.2, 0) is 20.7 Å². The number of hydrogen-bond donors (Lipinski definition) is 4. The summed E-state index contributed by atoms with van der Waals surface area (Å²) < 4.78 is 41.3. The van der Waals surface area contributed by atoms with E-state index >= 15 is 0 Å². The topological polar surface area (TPSA) is 159 Å². The zero-order chi connectivity index (χ0) is 41.9. The Morgan fingerprint density at radius 3 is 2.52 bits per heavy atom. The molecule has 3 aliphatic heterocycles. The Labute approximate surface area is 350 Å². The molecule has 1 unspecified atom stereocenters. The van der Waals surface area contributed by atoms with Crippen LogP contribution in [0.1, 0.15) is 59.6 Å². The molecule has 3 saturated heterocycles. The van der Waals surface area contributed by atoms with Gasteiger partial charge in [-0.3, -0.25) is 29.7 Å². The van der Waals surface area contributed by atoms with Gasteiger partial charge in [0.1, 0.15) is 23.4 Å². The Balaban J connectivity index is 0.808. The predicted octanol–water partition coefficient (Wildman–Crippen LogP) is 6.19. The number of anilines is 3. The summed E-state index contributed by atoms with van der Waals surface area (Å²) in [4.78, 5) is 47.3. The van der Waals surface area contributed by atoms with Crippen LogP contribution < -0.4 is 25.6 Å². The summed E-state index contributed by atoms with van der Waals surface area (Å²) in [6, 6.07) is 20.4. The zero-order valence-corrected chi connectivity index (χ0v) is 33.6. The number of nitrogens with zero attached hydrogens (tertiary/aromatic N) is 5. The highest BCUT2D eigenvalue weighted by Crippen LogP contribution is 2.31. The molecule has 14 nitrogen and oxygen atoms in total. The number of hydrogen-bond acceptors (Lipinski definition) is 10. The van der Waals surface area contributed by atoms with E-state index in [-0.39, 0.29) is 23.8 Å². The number of halogens is 2. The quantitative estimate of drug-likeness (QED) is 0.0781. The molecule has 3 aliphatic rings. The molecule has 0 saturated carbocycles. The first-order valence-corrected chi connectivity index (χ1v) is 20.8. The van der Waals surface area contributed by atoms with E-state index in [2.05, 4.69) is 47.0 Å². The van der Waals surface area contributed by atoms with Crippen molar-refractivity contribution in [3.63, 3.8) is 0 Å². The van der Waals surface area contributed by atoms with Crippen molar-refractivity contribution in [1.29, 1.82) is 0 Å². The molecule has 16 heteroatoms. The van der Waals surface area contributed by atoms with E-state index in [0.29, 0.717) is 61.4 Å². The summed E-state index contributed by atoms with van der Waals surface area (Å²) in [5, 5.41) is 17.1. The van der Waals surface area contributed by atoms with Gasteiger partial charge in [-0.25, -0.2) is 13.8 Å². The number of nitrogens with one attached hydrogen (secondary N) is 4. The van der Waals surface area contributed by atoms with Gasteiger partial charge in [-0.15, -0.1) is 0 Å². The summed E-state index contributed by atoms with van der Waals surface area (Å²) in [6.07, 6.45) is 5.23. The first kappa shape index (κ1) is 40.0.